The summed E-state index contributed by atoms with van der Waals surface area (Å²) in [7, 11) is 1.67. The standard InChI is InChI=1S/C24H32N4O2.HI/c1-3-25-24(27-17-14-19-10-12-21(30-2)13-11-19)26-16-6-9-23(29)28-18-15-20-7-4-5-8-22(20)28;/h4-5,7-8,10-13H,3,6,9,14-18H2,1-2H3,(H2,25,26,27);1H. The molecule has 2 aromatic rings. The molecular weight excluding hydrogens is 503 g/mol. The average Bonchev–Trinajstić information content (AvgIpc) is 3.21. The molecule has 3 rings (SSSR count). The maximum Gasteiger partial charge on any atom is 0.227 e. The number of carbonyl (C=O) groups is 1. The number of ether oxygens (including phenoxy) is 1. The van der Waals surface area contributed by atoms with Gasteiger partial charge in [-0.15, -0.1) is 24.0 Å². The quantitative estimate of drug-likeness (QED) is 0.222. The Morgan fingerprint density at radius 2 is 1.90 bits per heavy atom. The van der Waals surface area contributed by atoms with Crippen LogP contribution in [0.25, 0.3) is 0 Å². The Hall–Kier alpha value is -2.29. The summed E-state index contributed by atoms with van der Waals surface area (Å²) in [5.74, 6) is 1.85. The Bertz CT molecular complexity index is 855. The van der Waals surface area contributed by atoms with Crippen LogP contribution < -0.4 is 20.3 Å². The van der Waals surface area contributed by atoms with Crippen LogP contribution in [0.5, 0.6) is 5.75 Å². The molecule has 1 aliphatic heterocycles. The van der Waals surface area contributed by atoms with Gasteiger partial charge < -0.3 is 20.3 Å². The largest absolute Gasteiger partial charge is 0.497 e. The fourth-order valence-electron chi connectivity index (χ4n) is 3.61. The van der Waals surface area contributed by atoms with E-state index >= 15 is 0 Å². The van der Waals surface area contributed by atoms with E-state index in [1.807, 2.05) is 35.2 Å². The second kappa shape index (κ2) is 13.2. The highest BCUT2D eigenvalue weighted by Crippen LogP contribution is 2.28. The van der Waals surface area contributed by atoms with Crippen molar-refractivity contribution in [2.75, 3.05) is 38.2 Å². The summed E-state index contributed by atoms with van der Waals surface area (Å²) in [5, 5.41) is 6.63. The van der Waals surface area contributed by atoms with E-state index in [0.717, 1.165) is 56.3 Å². The van der Waals surface area contributed by atoms with Crippen molar-refractivity contribution in [3.05, 3.63) is 59.7 Å². The molecule has 0 saturated heterocycles. The Morgan fingerprint density at radius 1 is 1.13 bits per heavy atom. The Morgan fingerprint density at radius 3 is 2.65 bits per heavy atom. The van der Waals surface area contributed by atoms with Crippen LogP contribution in [-0.4, -0.2) is 45.2 Å². The van der Waals surface area contributed by atoms with E-state index in [1.54, 1.807) is 7.11 Å². The molecule has 0 radical (unpaired) electrons. The Kier molecular flexibility index (Phi) is 10.6. The minimum Gasteiger partial charge on any atom is -0.497 e. The fraction of sp³-hybridized carbons (Fsp3) is 0.417. The van der Waals surface area contributed by atoms with Crippen LogP contribution in [0.4, 0.5) is 5.69 Å². The number of aliphatic imine (C=N–C) groups is 1. The molecule has 168 valence electrons. The Labute approximate surface area is 202 Å². The SMILES string of the molecule is CCNC(=NCCCC(=O)N1CCc2ccccc21)NCCc1ccc(OC)cc1.I. The van der Waals surface area contributed by atoms with E-state index in [4.69, 9.17) is 4.74 Å². The normalized spacial score (nSPS) is 12.7. The first-order valence-electron chi connectivity index (χ1n) is 10.7. The first kappa shape index (κ1) is 25.0. The molecule has 6 nitrogen and oxygen atoms in total. The lowest BCUT2D eigenvalue weighted by molar-refractivity contribution is -0.118. The smallest absolute Gasteiger partial charge is 0.227 e. The molecule has 0 atom stereocenters. The average molecular weight is 536 g/mol. The number of methoxy groups -OCH3 is 1. The monoisotopic (exact) mass is 536 g/mol. The van der Waals surface area contributed by atoms with Crippen molar-refractivity contribution in [2.24, 2.45) is 4.99 Å². The molecule has 31 heavy (non-hydrogen) atoms. The van der Waals surface area contributed by atoms with Crippen molar-refractivity contribution in [2.45, 2.75) is 32.6 Å². The minimum atomic E-state index is 0. The van der Waals surface area contributed by atoms with Crippen molar-refractivity contribution < 1.29 is 9.53 Å². The van der Waals surface area contributed by atoms with Crippen molar-refractivity contribution in [3.63, 3.8) is 0 Å². The molecule has 0 spiro atoms. The van der Waals surface area contributed by atoms with E-state index in [1.165, 1.54) is 11.1 Å². The van der Waals surface area contributed by atoms with E-state index in [9.17, 15) is 4.79 Å². The van der Waals surface area contributed by atoms with Gasteiger partial charge in [0.05, 0.1) is 7.11 Å². The van der Waals surface area contributed by atoms with Gasteiger partial charge in [0.15, 0.2) is 5.96 Å². The second-order valence-corrected chi connectivity index (χ2v) is 7.31. The molecule has 0 unspecified atom stereocenters. The van der Waals surface area contributed by atoms with Crippen molar-refractivity contribution in [1.29, 1.82) is 0 Å². The number of halogens is 1. The zero-order valence-electron chi connectivity index (χ0n) is 18.4. The van der Waals surface area contributed by atoms with Gasteiger partial charge in [0.2, 0.25) is 5.91 Å². The summed E-state index contributed by atoms with van der Waals surface area (Å²) >= 11 is 0. The van der Waals surface area contributed by atoms with Crippen LogP contribution in [0, 0.1) is 0 Å². The molecule has 0 aromatic heterocycles. The van der Waals surface area contributed by atoms with E-state index in [0.29, 0.717) is 13.0 Å². The number of amides is 1. The molecule has 0 fully saturated rings. The van der Waals surface area contributed by atoms with Gasteiger partial charge in [0.25, 0.3) is 0 Å². The van der Waals surface area contributed by atoms with Gasteiger partial charge in [-0.1, -0.05) is 30.3 Å². The van der Waals surface area contributed by atoms with E-state index in [2.05, 4.69) is 40.7 Å². The molecule has 2 aromatic carbocycles. The number of nitrogens with zero attached hydrogens (tertiary/aromatic N) is 2. The van der Waals surface area contributed by atoms with Crippen molar-refractivity contribution >= 4 is 41.5 Å². The minimum absolute atomic E-state index is 0. The first-order chi connectivity index (χ1) is 14.7. The molecule has 7 heteroatoms. The topological polar surface area (TPSA) is 66.0 Å². The van der Waals surface area contributed by atoms with Crippen LogP contribution in [0.2, 0.25) is 0 Å². The number of rotatable bonds is 9. The molecule has 1 aliphatic rings. The summed E-state index contributed by atoms with van der Waals surface area (Å²) in [6, 6.07) is 16.3. The van der Waals surface area contributed by atoms with Gasteiger partial charge in [-0.2, -0.15) is 0 Å². The number of fused-ring (bicyclic) bond motifs is 1. The first-order valence-corrected chi connectivity index (χ1v) is 10.7. The number of para-hydroxylation sites is 1. The Balaban J connectivity index is 0.00000341. The molecule has 0 saturated carbocycles. The van der Waals surface area contributed by atoms with Gasteiger partial charge in [0, 0.05) is 38.3 Å². The van der Waals surface area contributed by atoms with Crippen LogP contribution >= 0.6 is 24.0 Å². The third kappa shape index (κ3) is 7.41. The molecule has 2 N–H and O–H groups in total. The van der Waals surface area contributed by atoms with E-state index in [-0.39, 0.29) is 29.9 Å². The zero-order chi connectivity index (χ0) is 21.2. The van der Waals surface area contributed by atoms with Gasteiger partial charge in [-0.3, -0.25) is 9.79 Å². The zero-order valence-corrected chi connectivity index (χ0v) is 20.7. The number of hydrogen-bond acceptors (Lipinski definition) is 3. The molecule has 0 bridgehead atoms. The van der Waals surface area contributed by atoms with Crippen molar-refractivity contribution in [3.8, 4) is 5.75 Å². The van der Waals surface area contributed by atoms with Crippen molar-refractivity contribution in [1.82, 2.24) is 10.6 Å². The summed E-state index contributed by atoms with van der Waals surface area (Å²) in [4.78, 5) is 19.1. The fourth-order valence-corrected chi connectivity index (χ4v) is 3.61. The van der Waals surface area contributed by atoms with Crippen LogP contribution in [0.1, 0.15) is 30.9 Å². The van der Waals surface area contributed by atoms with Gasteiger partial charge >= 0.3 is 0 Å². The summed E-state index contributed by atoms with van der Waals surface area (Å²) in [6.07, 6.45) is 3.11. The predicted octanol–water partition coefficient (Wildman–Crippen LogP) is 3.78. The number of benzene rings is 2. The maximum absolute atomic E-state index is 12.6. The lowest BCUT2D eigenvalue weighted by atomic mass is 10.1. The number of guanidine groups is 1. The summed E-state index contributed by atoms with van der Waals surface area (Å²) in [5.41, 5.74) is 3.58. The second-order valence-electron chi connectivity index (χ2n) is 7.31. The predicted molar refractivity (Wildman–Crippen MR) is 138 cm³/mol. The van der Waals surface area contributed by atoms with Crippen LogP contribution in [-0.2, 0) is 17.6 Å². The summed E-state index contributed by atoms with van der Waals surface area (Å²) < 4.78 is 5.19. The lowest BCUT2D eigenvalue weighted by Crippen LogP contribution is -2.38. The lowest BCUT2D eigenvalue weighted by Gasteiger charge is -2.17. The van der Waals surface area contributed by atoms with E-state index < -0.39 is 0 Å². The van der Waals surface area contributed by atoms with Crippen LogP contribution in [0.3, 0.4) is 0 Å². The summed E-state index contributed by atoms with van der Waals surface area (Å²) in [6.45, 7) is 5.06. The molecule has 1 heterocycles. The number of hydrogen-bond donors (Lipinski definition) is 2. The molecule has 0 aliphatic carbocycles. The highest BCUT2D eigenvalue weighted by atomic mass is 127. The van der Waals surface area contributed by atoms with Gasteiger partial charge in [0.1, 0.15) is 5.75 Å². The molecular formula is C24H33IN4O2. The van der Waals surface area contributed by atoms with Gasteiger partial charge in [-0.25, -0.2) is 0 Å². The maximum atomic E-state index is 12.6. The highest BCUT2D eigenvalue weighted by molar-refractivity contribution is 14.0. The third-order valence-electron chi connectivity index (χ3n) is 5.22. The number of anilines is 1. The molecule has 1 amide bonds. The van der Waals surface area contributed by atoms with Crippen LogP contribution in [0.15, 0.2) is 53.5 Å². The third-order valence-corrected chi connectivity index (χ3v) is 5.22. The number of carbonyl (C=O) groups excluding carboxylic acids is 1. The highest BCUT2D eigenvalue weighted by Gasteiger charge is 2.23. The number of nitrogens with one attached hydrogen (secondary N) is 2. The van der Waals surface area contributed by atoms with Gasteiger partial charge in [-0.05, 0) is 55.5 Å².